The van der Waals surface area contributed by atoms with E-state index in [9.17, 15) is 4.79 Å². The molecule has 0 aliphatic carbocycles. The average Bonchev–Trinajstić information content (AvgIpc) is 3.10. The fourth-order valence-electron chi connectivity index (χ4n) is 3.21. The summed E-state index contributed by atoms with van der Waals surface area (Å²) < 4.78 is 7.60. The van der Waals surface area contributed by atoms with Gasteiger partial charge in [0, 0.05) is 23.5 Å². The second-order valence-electron chi connectivity index (χ2n) is 6.33. The molecule has 0 radical (unpaired) electrons. The molecule has 28 heavy (non-hydrogen) atoms. The van der Waals surface area contributed by atoms with E-state index in [1.165, 1.54) is 0 Å². The predicted molar refractivity (Wildman–Crippen MR) is 107 cm³/mol. The summed E-state index contributed by atoms with van der Waals surface area (Å²) in [7, 11) is 1.67. The molecule has 0 unspecified atom stereocenters. The van der Waals surface area contributed by atoms with E-state index in [4.69, 9.17) is 9.72 Å². The number of pyridine rings is 1. The number of hydrogen-bond acceptors (Lipinski definition) is 4. The van der Waals surface area contributed by atoms with Crippen LogP contribution >= 0.6 is 0 Å². The summed E-state index contributed by atoms with van der Waals surface area (Å²) in [6, 6.07) is 19.2. The number of carbonyl (C=O) groups is 1. The number of aromatic nitrogens is 3. The summed E-state index contributed by atoms with van der Waals surface area (Å²) >= 11 is 0. The summed E-state index contributed by atoms with van der Waals surface area (Å²) in [4.78, 5) is 21.1. The first-order chi connectivity index (χ1) is 13.8. The van der Waals surface area contributed by atoms with Crippen molar-refractivity contribution < 1.29 is 9.53 Å². The van der Waals surface area contributed by atoms with Crippen molar-refractivity contribution in [1.82, 2.24) is 19.9 Å². The Balaban J connectivity index is 1.64. The SMILES string of the molecule is COc1ccccc1Cn1c(CNC(=O)c2ccncc2)nc2ccccc21. The Hall–Kier alpha value is -3.67. The van der Waals surface area contributed by atoms with Crippen LogP contribution in [0.5, 0.6) is 5.75 Å². The fraction of sp³-hybridized carbons (Fsp3) is 0.136. The first-order valence-electron chi connectivity index (χ1n) is 9.00. The molecule has 1 N–H and O–H groups in total. The molecule has 4 aromatic rings. The van der Waals surface area contributed by atoms with Crippen LogP contribution in [-0.4, -0.2) is 27.6 Å². The summed E-state index contributed by atoms with van der Waals surface area (Å²) in [6.45, 7) is 0.927. The quantitative estimate of drug-likeness (QED) is 0.563. The van der Waals surface area contributed by atoms with Gasteiger partial charge in [-0.1, -0.05) is 30.3 Å². The zero-order valence-corrected chi connectivity index (χ0v) is 15.5. The van der Waals surface area contributed by atoms with Gasteiger partial charge in [-0.05, 0) is 30.3 Å². The van der Waals surface area contributed by atoms with Gasteiger partial charge in [-0.2, -0.15) is 0 Å². The molecule has 6 heteroatoms. The van der Waals surface area contributed by atoms with Crippen molar-refractivity contribution in [1.29, 1.82) is 0 Å². The summed E-state index contributed by atoms with van der Waals surface area (Å²) in [6.07, 6.45) is 3.21. The van der Waals surface area contributed by atoms with Crippen molar-refractivity contribution in [3.63, 3.8) is 0 Å². The third-order valence-corrected chi connectivity index (χ3v) is 4.60. The minimum Gasteiger partial charge on any atom is -0.496 e. The van der Waals surface area contributed by atoms with E-state index in [1.807, 2.05) is 48.5 Å². The van der Waals surface area contributed by atoms with Crippen molar-refractivity contribution in [2.45, 2.75) is 13.1 Å². The van der Waals surface area contributed by atoms with Gasteiger partial charge in [0.15, 0.2) is 0 Å². The van der Waals surface area contributed by atoms with E-state index in [2.05, 4.69) is 14.9 Å². The van der Waals surface area contributed by atoms with Crippen LogP contribution in [0.15, 0.2) is 73.1 Å². The number of fused-ring (bicyclic) bond motifs is 1. The van der Waals surface area contributed by atoms with Crippen molar-refractivity contribution in [3.8, 4) is 5.75 Å². The van der Waals surface area contributed by atoms with E-state index in [0.717, 1.165) is 28.2 Å². The number of nitrogens with one attached hydrogen (secondary N) is 1. The Morgan fingerprint density at radius 3 is 2.61 bits per heavy atom. The first-order valence-corrected chi connectivity index (χ1v) is 9.00. The molecule has 0 aliphatic rings. The largest absolute Gasteiger partial charge is 0.496 e. The lowest BCUT2D eigenvalue weighted by molar-refractivity contribution is 0.0949. The van der Waals surface area contributed by atoms with Gasteiger partial charge in [0.25, 0.3) is 5.91 Å². The molecule has 2 aromatic heterocycles. The second kappa shape index (κ2) is 7.92. The molecule has 0 saturated carbocycles. The summed E-state index contributed by atoms with van der Waals surface area (Å²) in [5, 5.41) is 2.95. The monoisotopic (exact) mass is 372 g/mol. The highest BCUT2D eigenvalue weighted by Crippen LogP contribution is 2.23. The molecule has 0 atom stereocenters. The van der Waals surface area contributed by atoms with Crippen molar-refractivity contribution in [2.75, 3.05) is 7.11 Å². The van der Waals surface area contributed by atoms with Gasteiger partial charge in [0.2, 0.25) is 0 Å². The Kier molecular flexibility index (Phi) is 5.01. The van der Waals surface area contributed by atoms with Gasteiger partial charge in [-0.3, -0.25) is 9.78 Å². The molecule has 0 aliphatic heterocycles. The van der Waals surface area contributed by atoms with Gasteiger partial charge in [-0.25, -0.2) is 4.98 Å². The molecule has 2 heterocycles. The highest BCUT2D eigenvalue weighted by atomic mass is 16.5. The molecule has 4 rings (SSSR count). The number of amides is 1. The maximum absolute atomic E-state index is 12.4. The number of benzene rings is 2. The number of carbonyl (C=O) groups excluding carboxylic acids is 1. The average molecular weight is 372 g/mol. The van der Waals surface area contributed by atoms with Gasteiger partial charge in [-0.15, -0.1) is 0 Å². The van der Waals surface area contributed by atoms with Crippen LogP contribution in [-0.2, 0) is 13.1 Å². The van der Waals surface area contributed by atoms with Crippen LogP contribution in [0.4, 0.5) is 0 Å². The Labute approximate surface area is 162 Å². The minimum atomic E-state index is -0.154. The van der Waals surface area contributed by atoms with E-state index < -0.39 is 0 Å². The number of methoxy groups -OCH3 is 1. The molecular weight excluding hydrogens is 352 g/mol. The Morgan fingerprint density at radius 1 is 1.04 bits per heavy atom. The molecular formula is C22H20N4O2. The third-order valence-electron chi connectivity index (χ3n) is 4.60. The highest BCUT2D eigenvalue weighted by Gasteiger charge is 2.14. The maximum Gasteiger partial charge on any atom is 0.251 e. The van der Waals surface area contributed by atoms with Gasteiger partial charge in [0.1, 0.15) is 11.6 Å². The zero-order valence-electron chi connectivity index (χ0n) is 15.5. The van der Waals surface area contributed by atoms with E-state index in [0.29, 0.717) is 18.7 Å². The standard InChI is InChI=1S/C22H20N4O2/c1-28-20-9-5-2-6-17(20)15-26-19-8-4-3-7-18(19)25-21(26)14-24-22(27)16-10-12-23-13-11-16/h2-13H,14-15H2,1H3,(H,24,27). The molecule has 0 bridgehead atoms. The number of rotatable bonds is 6. The molecule has 2 aromatic carbocycles. The molecule has 0 fully saturated rings. The van der Waals surface area contributed by atoms with Crippen LogP contribution in [0.3, 0.4) is 0 Å². The highest BCUT2D eigenvalue weighted by molar-refractivity contribution is 5.93. The lowest BCUT2D eigenvalue weighted by Crippen LogP contribution is -2.25. The van der Waals surface area contributed by atoms with Crippen molar-refractivity contribution >= 4 is 16.9 Å². The Bertz CT molecular complexity index is 1110. The zero-order chi connectivity index (χ0) is 19.3. The number of ether oxygens (including phenoxy) is 1. The first kappa shape index (κ1) is 17.7. The lowest BCUT2D eigenvalue weighted by Gasteiger charge is -2.13. The molecule has 0 saturated heterocycles. The number of hydrogen-bond donors (Lipinski definition) is 1. The topological polar surface area (TPSA) is 69.0 Å². The maximum atomic E-state index is 12.4. The minimum absolute atomic E-state index is 0.154. The van der Waals surface area contributed by atoms with E-state index >= 15 is 0 Å². The third kappa shape index (κ3) is 3.57. The fourth-order valence-corrected chi connectivity index (χ4v) is 3.21. The summed E-state index contributed by atoms with van der Waals surface area (Å²) in [5.74, 6) is 1.46. The van der Waals surface area contributed by atoms with Crippen LogP contribution in [0.25, 0.3) is 11.0 Å². The molecule has 6 nitrogen and oxygen atoms in total. The van der Waals surface area contributed by atoms with Crippen molar-refractivity contribution in [3.05, 3.63) is 90.0 Å². The van der Waals surface area contributed by atoms with Gasteiger partial charge in [0.05, 0.1) is 31.2 Å². The molecule has 140 valence electrons. The van der Waals surface area contributed by atoms with E-state index in [1.54, 1.807) is 31.6 Å². The number of nitrogens with zero attached hydrogens (tertiary/aromatic N) is 3. The number of para-hydroxylation sites is 3. The van der Waals surface area contributed by atoms with Crippen LogP contribution in [0, 0.1) is 0 Å². The van der Waals surface area contributed by atoms with Gasteiger partial charge >= 0.3 is 0 Å². The molecule has 0 spiro atoms. The van der Waals surface area contributed by atoms with Gasteiger partial charge < -0.3 is 14.6 Å². The normalized spacial score (nSPS) is 10.8. The number of imidazole rings is 1. The van der Waals surface area contributed by atoms with Crippen LogP contribution in [0.1, 0.15) is 21.7 Å². The van der Waals surface area contributed by atoms with E-state index in [-0.39, 0.29) is 5.91 Å². The van der Waals surface area contributed by atoms with Crippen molar-refractivity contribution in [2.24, 2.45) is 0 Å². The van der Waals surface area contributed by atoms with Crippen LogP contribution in [0.2, 0.25) is 0 Å². The lowest BCUT2D eigenvalue weighted by atomic mass is 10.2. The second-order valence-corrected chi connectivity index (χ2v) is 6.33. The van der Waals surface area contributed by atoms with Crippen LogP contribution < -0.4 is 10.1 Å². The summed E-state index contributed by atoms with van der Waals surface area (Å²) in [5.41, 5.74) is 3.53. The molecule has 1 amide bonds. The smallest absolute Gasteiger partial charge is 0.251 e. The predicted octanol–water partition coefficient (Wildman–Crippen LogP) is 3.42. The Morgan fingerprint density at radius 2 is 1.79 bits per heavy atom.